The largest absolute Gasteiger partial charge is 0.482 e. The van der Waals surface area contributed by atoms with Crippen molar-refractivity contribution in [2.75, 3.05) is 12.3 Å². The first-order valence-electron chi connectivity index (χ1n) is 6.75. The summed E-state index contributed by atoms with van der Waals surface area (Å²) >= 11 is 0. The van der Waals surface area contributed by atoms with Crippen molar-refractivity contribution in [1.29, 1.82) is 0 Å². The fraction of sp³-hybridized carbons (Fsp3) is 0.235. The van der Waals surface area contributed by atoms with Crippen LogP contribution in [0.5, 0.6) is 5.75 Å². The number of aryl methyl sites for hydroxylation is 2. The Morgan fingerprint density at radius 1 is 1.05 bits per heavy atom. The van der Waals surface area contributed by atoms with Crippen LogP contribution in [0.3, 0.4) is 0 Å². The number of nitrogens with two attached hydrogens (primary N) is 1. The summed E-state index contributed by atoms with van der Waals surface area (Å²) in [5.74, 6) is 0.197. The molecule has 0 aliphatic rings. The summed E-state index contributed by atoms with van der Waals surface area (Å²) in [5, 5.41) is 0. The molecular weight excluding hydrogens is 266 g/mol. The molecule has 21 heavy (non-hydrogen) atoms. The first-order chi connectivity index (χ1) is 10.1. The maximum absolute atomic E-state index is 11.7. The molecule has 2 aromatic carbocycles. The van der Waals surface area contributed by atoms with E-state index in [1.54, 1.807) is 24.3 Å². The highest BCUT2D eigenvalue weighted by molar-refractivity contribution is 5.71. The molecule has 0 bridgehead atoms. The smallest absolute Gasteiger partial charge is 0.344 e. The molecule has 0 radical (unpaired) electrons. The van der Waals surface area contributed by atoms with Crippen molar-refractivity contribution < 1.29 is 14.3 Å². The van der Waals surface area contributed by atoms with Gasteiger partial charge in [0.2, 0.25) is 0 Å². The maximum Gasteiger partial charge on any atom is 0.344 e. The van der Waals surface area contributed by atoms with Crippen molar-refractivity contribution >= 4 is 11.7 Å². The van der Waals surface area contributed by atoms with E-state index >= 15 is 0 Å². The van der Waals surface area contributed by atoms with Gasteiger partial charge >= 0.3 is 5.97 Å². The summed E-state index contributed by atoms with van der Waals surface area (Å²) in [6, 6.07) is 12.9. The number of ether oxygens (including phenoxy) is 2. The fourth-order valence-corrected chi connectivity index (χ4v) is 1.98. The van der Waals surface area contributed by atoms with Crippen molar-refractivity contribution in [2.24, 2.45) is 0 Å². The molecule has 0 heterocycles. The Hall–Kier alpha value is -2.49. The zero-order chi connectivity index (χ0) is 15.2. The van der Waals surface area contributed by atoms with E-state index in [4.69, 9.17) is 15.2 Å². The van der Waals surface area contributed by atoms with Gasteiger partial charge in [-0.15, -0.1) is 0 Å². The van der Waals surface area contributed by atoms with E-state index in [0.717, 1.165) is 16.7 Å². The monoisotopic (exact) mass is 285 g/mol. The van der Waals surface area contributed by atoms with Gasteiger partial charge in [0, 0.05) is 5.69 Å². The lowest BCUT2D eigenvalue weighted by molar-refractivity contribution is -0.147. The van der Waals surface area contributed by atoms with E-state index in [2.05, 4.69) is 0 Å². The number of rotatable bonds is 5. The average Bonchev–Trinajstić information content (AvgIpc) is 2.46. The highest BCUT2D eigenvalue weighted by atomic mass is 16.6. The van der Waals surface area contributed by atoms with Crippen LogP contribution in [0.2, 0.25) is 0 Å². The summed E-state index contributed by atoms with van der Waals surface area (Å²) in [7, 11) is 0. The van der Waals surface area contributed by atoms with E-state index in [0.29, 0.717) is 11.4 Å². The molecule has 0 saturated carbocycles. The standard InChI is InChI=1S/C17H19NO3/c1-12-4-3-5-13(2)16(12)10-21-17(19)11-20-15-8-6-14(18)7-9-15/h3-9H,10-11,18H2,1-2H3. The Morgan fingerprint density at radius 3 is 2.29 bits per heavy atom. The molecule has 4 heteroatoms. The lowest BCUT2D eigenvalue weighted by Gasteiger charge is -2.11. The molecule has 0 aliphatic heterocycles. The first-order valence-corrected chi connectivity index (χ1v) is 6.75. The second-order valence-electron chi connectivity index (χ2n) is 4.89. The molecular formula is C17H19NO3. The predicted molar refractivity (Wildman–Crippen MR) is 82.1 cm³/mol. The Labute approximate surface area is 124 Å². The Kier molecular flexibility index (Phi) is 4.82. The molecule has 0 aliphatic carbocycles. The quantitative estimate of drug-likeness (QED) is 0.677. The molecule has 0 fully saturated rings. The molecule has 0 amide bonds. The minimum absolute atomic E-state index is 0.116. The molecule has 2 aromatic rings. The van der Waals surface area contributed by atoms with Crippen LogP contribution < -0.4 is 10.5 Å². The summed E-state index contributed by atoms with van der Waals surface area (Å²) in [6.45, 7) is 4.15. The molecule has 0 unspecified atom stereocenters. The second kappa shape index (κ2) is 6.79. The maximum atomic E-state index is 11.7. The number of hydrogen-bond acceptors (Lipinski definition) is 4. The molecule has 110 valence electrons. The summed E-state index contributed by atoms with van der Waals surface area (Å²) in [6.07, 6.45) is 0. The number of hydrogen-bond donors (Lipinski definition) is 1. The number of anilines is 1. The highest BCUT2D eigenvalue weighted by Gasteiger charge is 2.08. The lowest BCUT2D eigenvalue weighted by Crippen LogP contribution is -2.15. The van der Waals surface area contributed by atoms with Crippen LogP contribution in [0, 0.1) is 13.8 Å². The summed E-state index contributed by atoms with van der Waals surface area (Å²) < 4.78 is 10.6. The predicted octanol–water partition coefficient (Wildman–Crippen LogP) is 3.01. The van der Waals surface area contributed by atoms with E-state index in [9.17, 15) is 4.79 Å². The number of nitrogen functional groups attached to an aromatic ring is 1. The molecule has 0 aromatic heterocycles. The molecule has 0 spiro atoms. The molecule has 2 N–H and O–H groups in total. The Bertz CT molecular complexity index is 600. The van der Waals surface area contributed by atoms with Crippen LogP contribution in [-0.2, 0) is 16.1 Å². The highest BCUT2D eigenvalue weighted by Crippen LogP contribution is 2.15. The van der Waals surface area contributed by atoms with Gasteiger partial charge in [0.1, 0.15) is 12.4 Å². The zero-order valence-electron chi connectivity index (χ0n) is 12.3. The van der Waals surface area contributed by atoms with Crippen LogP contribution in [0.4, 0.5) is 5.69 Å². The van der Waals surface area contributed by atoms with Crippen molar-refractivity contribution in [1.82, 2.24) is 0 Å². The third-order valence-electron chi connectivity index (χ3n) is 3.26. The van der Waals surface area contributed by atoms with E-state index in [1.165, 1.54) is 0 Å². The Balaban J connectivity index is 1.84. The van der Waals surface area contributed by atoms with Gasteiger partial charge in [-0.1, -0.05) is 18.2 Å². The van der Waals surface area contributed by atoms with Crippen LogP contribution in [-0.4, -0.2) is 12.6 Å². The van der Waals surface area contributed by atoms with Crippen LogP contribution in [0.25, 0.3) is 0 Å². The van der Waals surface area contributed by atoms with Crippen molar-refractivity contribution in [2.45, 2.75) is 20.5 Å². The molecule has 0 atom stereocenters. The average molecular weight is 285 g/mol. The van der Waals surface area contributed by atoms with Gasteiger partial charge < -0.3 is 15.2 Å². The normalized spacial score (nSPS) is 10.2. The van der Waals surface area contributed by atoms with Gasteiger partial charge in [0.15, 0.2) is 6.61 Å². The summed E-state index contributed by atoms with van der Waals surface area (Å²) in [5.41, 5.74) is 9.50. The van der Waals surface area contributed by atoms with E-state index < -0.39 is 5.97 Å². The topological polar surface area (TPSA) is 61.5 Å². The molecule has 0 saturated heterocycles. The van der Waals surface area contributed by atoms with Crippen LogP contribution in [0.1, 0.15) is 16.7 Å². The number of carbonyl (C=O) groups excluding carboxylic acids is 1. The minimum Gasteiger partial charge on any atom is -0.482 e. The molecule has 2 rings (SSSR count). The van der Waals surface area contributed by atoms with Gasteiger partial charge in [-0.2, -0.15) is 0 Å². The van der Waals surface area contributed by atoms with Crippen LogP contribution >= 0.6 is 0 Å². The van der Waals surface area contributed by atoms with Crippen molar-refractivity contribution in [3.8, 4) is 5.75 Å². The minimum atomic E-state index is -0.394. The number of carbonyl (C=O) groups is 1. The first kappa shape index (κ1) is 14.9. The zero-order valence-corrected chi connectivity index (χ0v) is 12.3. The van der Waals surface area contributed by atoms with Gasteiger partial charge in [0.05, 0.1) is 0 Å². The van der Waals surface area contributed by atoms with Crippen molar-refractivity contribution in [3.63, 3.8) is 0 Å². The fourth-order valence-electron chi connectivity index (χ4n) is 1.98. The second-order valence-corrected chi connectivity index (χ2v) is 4.89. The number of esters is 1. The van der Waals surface area contributed by atoms with Crippen LogP contribution in [0.15, 0.2) is 42.5 Å². The van der Waals surface area contributed by atoms with Gasteiger partial charge in [-0.25, -0.2) is 4.79 Å². The van der Waals surface area contributed by atoms with E-state index in [1.807, 2.05) is 32.0 Å². The molecule has 4 nitrogen and oxygen atoms in total. The third kappa shape index (κ3) is 4.24. The van der Waals surface area contributed by atoms with Gasteiger partial charge in [-0.3, -0.25) is 0 Å². The van der Waals surface area contributed by atoms with Crippen molar-refractivity contribution in [3.05, 3.63) is 59.2 Å². The van der Waals surface area contributed by atoms with Gasteiger partial charge in [0.25, 0.3) is 0 Å². The van der Waals surface area contributed by atoms with E-state index in [-0.39, 0.29) is 13.2 Å². The Morgan fingerprint density at radius 2 is 1.67 bits per heavy atom. The number of benzene rings is 2. The third-order valence-corrected chi connectivity index (χ3v) is 3.26. The SMILES string of the molecule is Cc1cccc(C)c1COC(=O)COc1ccc(N)cc1. The summed E-state index contributed by atoms with van der Waals surface area (Å²) in [4.78, 5) is 11.7. The van der Waals surface area contributed by atoms with Gasteiger partial charge in [-0.05, 0) is 54.8 Å². The lowest BCUT2D eigenvalue weighted by atomic mass is 10.0.